The number of nitro groups is 1. The number of non-ortho nitro benzene ring substituents is 1. The van der Waals surface area contributed by atoms with Gasteiger partial charge >= 0.3 is 0 Å². The Balaban J connectivity index is 1.92. The van der Waals surface area contributed by atoms with Gasteiger partial charge in [0.25, 0.3) is 15.7 Å². The average Bonchev–Trinajstić information content (AvgIpc) is 2.63. The van der Waals surface area contributed by atoms with Crippen LogP contribution >= 0.6 is 0 Å². The molecule has 3 rings (SSSR count). The molecule has 9 heteroatoms. The molecule has 154 valence electrons. The minimum atomic E-state index is -4.00. The van der Waals surface area contributed by atoms with Crippen molar-refractivity contribution < 1.29 is 18.1 Å². The summed E-state index contributed by atoms with van der Waals surface area (Å²) in [5.74, 6) is 0.367. The lowest BCUT2D eigenvalue weighted by Crippen LogP contribution is -2.37. The second-order valence-electron chi connectivity index (χ2n) is 7.55. The molecule has 1 aliphatic heterocycles. The van der Waals surface area contributed by atoms with Gasteiger partial charge in [-0.05, 0) is 48.6 Å². The van der Waals surface area contributed by atoms with Crippen LogP contribution in [0.15, 0.2) is 41.3 Å². The number of fused-ring (bicyclic) bond motifs is 1. The van der Waals surface area contributed by atoms with Crippen molar-refractivity contribution in [3.8, 4) is 0 Å². The third kappa shape index (κ3) is 4.40. The highest BCUT2D eigenvalue weighted by Crippen LogP contribution is 2.32. The van der Waals surface area contributed by atoms with Gasteiger partial charge in [0.1, 0.15) is 0 Å². The third-order valence-corrected chi connectivity index (χ3v) is 6.27. The highest BCUT2D eigenvalue weighted by molar-refractivity contribution is 7.92. The summed E-state index contributed by atoms with van der Waals surface area (Å²) < 4.78 is 28.2. The maximum absolute atomic E-state index is 12.8. The molecule has 1 N–H and O–H groups in total. The zero-order valence-corrected chi connectivity index (χ0v) is 17.3. The quantitative estimate of drug-likeness (QED) is 0.570. The molecular formula is C20H23N3O5S. The van der Waals surface area contributed by atoms with E-state index in [4.69, 9.17) is 0 Å². The molecule has 8 nitrogen and oxygen atoms in total. The summed E-state index contributed by atoms with van der Waals surface area (Å²) in [5.41, 5.74) is 2.16. The number of aryl methyl sites for hydroxylation is 2. The van der Waals surface area contributed by atoms with E-state index in [1.807, 2.05) is 13.8 Å². The Labute approximate surface area is 169 Å². The van der Waals surface area contributed by atoms with Gasteiger partial charge in [-0.1, -0.05) is 19.9 Å². The summed E-state index contributed by atoms with van der Waals surface area (Å²) in [6, 6.07) is 8.81. The van der Waals surface area contributed by atoms with Crippen molar-refractivity contribution in [1.82, 2.24) is 0 Å². The Morgan fingerprint density at radius 1 is 1.17 bits per heavy atom. The summed E-state index contributed by atoms with van der Waals surface area (Å²) in [7, 11) is -4.00. The number of nitro benzene ring substituents is 1. The van der Waals surface area contributed by atoms with E-state index in [9.17, 15) is 23.3 Å². The maximum atomic E-state index is 12.8. The molecule has 0 aliphatic carbocycles. The minimum absolute atomic E-state index is 0.0618. The molecule has 0 aromatic heterocycles. The lowest BCUT2D eigenvalue weighted by Gasteiger charge is -2.31. The number of rotatable bonds is 6. The Hall–Kier alpha value is -2.94. The van der Waals surface area contributed by atoms with E-state index >= 15 is 0 Å². The lowest BCUT2D eigenvalue weighted by atomic mass is 9.99. The van der Waals surface area contributed by atoms with Crippen LogP contribution in [0.25, 0.3) is 0 Å². The van der Waals surface area contributed by atoms with E-state index in [1.54, 1.807) is 30.0 Å². The van der Waals surface area contributed by atoms with Crippen LogP contribution in [0.5, 0.6) is 0 Å². The smallest absolute Gasteiger partial charge is 0.270 e. The van der Waals surface area contributed by atoms with Crippen molar-refractivity contribution in [3.05, 3.63) is 57.6 Å². The molecule has 0 saturated carbocycles. The van der Waals surface area contributed by atoms with Crippen molar-refractivity contribution in [2.45, 2.75) is 38.5 Å². The average molecular weight is 417 g/mol. The number of nitrogens with one attached hydrogen (secondary N) is 1. The molecular weight excluding hydrogens is 394 g/mol. The molecule has 29 heavy (non-hydrogen) atoms. The monoisotopic (exact) mass is 417 g/mol. The van der Waals surface area contributed by atoms with Gasteiger partial charge < -0.3 is 4.90 Å². The largest absolute Gasteiger partial charge is 0.312 e. The van der Waals surface area contributed by atoms with Crippen molar-refractivity contribution in [3.63, 3.8) is 0 Å². The summed E-state index contributed by atoms with van der Waals surface area (Å²) in [5, 5.41) is 11.0. The van der Waals surface area contributed by atoms with E-state index in [0.717, 1.165) is 17.3 Å². The Morgan fingerprint density at radius 3 is 2.55 bits per heavy atom. The standard InChI is InChI=1S/C20H23N3O5S/c1-13(2)12-22-18-8-6-16(10-15(18)5-9-20(22)24)21-29(27,28)19-11-17(23(25)26)7-4-14(19)3/h4,6-8,10-11,13,21H,5,9,12H2,1-3H3. The summed E-state index contributed by atoms with van der Waals surface area (Å²) in [6.45, 7) is 6.25. The summed E-state index contributed by atoms with van der Waals surface area (Å²) in [6.07, 6.45) is 0.911. The van der Waals surface area contributed by atoms with Crippen molar-refractivity contribution >= 4 is 33.0 Å². The van der Waals surface area contributed by atoms with Crippen molar-refractivity contribution in [2.75, 3.05) is 16.2 Å². The predicted octanol–water partition coefficient (Wildman–Crippen LogP) is 3.64. The molecule has 0 radical (unpaired) electrons. The molecule has 0 fully saturated rings. The fourth-order valence-corrected chi connectivity index (χ4v) is 4.71. The number of hydrogen-bond donors (Lipinski definition) is 1. The summed E-state index contributed by atoms with van der Waals surface area (Å²) >= 11 is 0. The van der Waals surface area contributed by atoms with E-state index in [-0.39, 0.29) is 16.5 Å². The number of nitrogens with zero attached hydrogens (tertiary/aromatic N) is 2. The van der Waals surface area contributed by atoms with E-state index < -0.39 is 14.9 Å². The van der Waals surface area contributed by atoms with Crippen molar-refractivity contribution in [2.24, 2.45) is 5.92 Å². The van der Waals surface area contributed by atoms with Crippen LogP contribution in [-0.4, -0.2) is 25.8 Å². The third-order valence-electron chi connectivity index (χ3n) is 4.75. The summed E-state index contributed by atoms with van der Waals surface area (Å²) in [4.78, 5) is 24.3. The molecule has 0 saturated heterocycles. The van der Waals surface area contributed by atoms with Crippen LogP contribution < -0.4 is 9.62 Å². The van der Waals surface area contributed by atoms with Gasteiger partial charge in [-0.25, -0.2) is 8.42 Å². The molecule has 0 atom stereocenters. The SMILES string of the molecule is Cc1ccc([N+](=O)[O-])cc1S(=O)(=O)Nc1ccc2c(c1)CCC(=O)N2CC(C)C. The molecule has 0 unspecified atom stereocenters. The molecule has 0 bridgehead atoms. The second-order valence-corrected chi connectivity index (χ2v) is 9.20. The fraction of sp³-hybridized carbons (Fsp3) is 0.350. The molecule has 1 aliphatic rings. The van der Waals surface area contributed by atoms with Gasteiger partial charge in [0.15, 0.2) is 0 Å². The van der Waals surface area contributed by atoms with Crippen LogP contribution in [0.1, 0.15) is 31.4 Å². The molecule has 1 heterocycles. The number of carbonyl (C=O) groups excluding carboxylic acids is 1. The van der Waals surface area contributed by atoms with Gasteiger partial charge in [0.2, 0.25) is 5.91 Å². The molecule has 1 amide bonds. The number of sulfonamides is 1. The topological polar surface area (TPSA) is 110 Å². The van der Waals surface area contributed by atoms with Crippen molar-refractivity contribution in [1.29, 1.82) is 0 Å². The zero-order valence-electron chi connectivity index (χ0n) is 16.5. The number of amides is 1. The Morgan fingerprint density at radius 2 is 1.90 bits per heavy atom. The number of carbonyl (C=O) groups is 1. The first-order chi connectivity index (χ1) is 13.6. The number of anilines is 2. The van der Waals surface area contributed by atoms with E-state index in [2.05, 4.69) is 4.72 Å². The van der Waals surface area contributed by atoms with E-state index in [1.165, 1.54) is 12.1 Å². The highest BCUT2D eigenvalue weighted by atomic mass is 32.2. The van der Waals surface area contributed by atoms with Crippen LogP contribution in [0.4, 0.5) is 17.1 Å². The Kier molecular flexibility index (Phi) is 5.61. The zero-order chi connectivity index (χ0) is 21.3. The number of hydrogen-bond acceptors (Lipinski definition) is 5. The predicted molar refractivity (Wildman–Crippen MR) is 111 cm³/mol. The van der Waals surface area contributed by atoms with Crippen LogP contribution in [-0.2, 0) is 21.2 Å². The van der Waals surface area contributed by atoms with Crippen LogP contribution in [0.3, 0.4) is 0 Å². The first kappa shape index (κ1) is 20.8. The van der Waals surface area contributed by atoms with Gasteiger partial charge in [-0.2, -0.15) is 0 Å². The molecule has 2 aromatic carbocycles. The van der Waals surface area contributed by atoms with E-state index in [0.29, 0.717) is 36.6 Å². The van der Waals surface area contributed by atoms with Gasteiger partial charge in [0, 0.05) is 36.5 Å². The maximum Gasteiger partial charge on any atom is 0.270 e. The molecule has 0 spiro atoms. The highest BCUT2D eigenvalue weighted by Gasteiger charge is 2.26. The first-order valence-corrected chi connectivity index (χ1v) is 10.8. The normalized spacial score (nSPS) is 14.1. The minimum Gasteiger partial charge on any atom is -0.312 e. The lowest BCUT2D eigenvalue weighted by molar-refractivity contribution is -0.385. The van der Waals surface area contributed by atoms with Gasteiger partial charge in [0.05, 0.1) is 9.82 Å². The molecule has 2 aromatic rings. The van der Waals surface area contributed by atoms with Crippen LogP contribution in [0.2, 0.25) is 0 Å². The van der Waals surface area contributed by atoms with Gasteiger partial charge in [-0.3, -0.25) is 19.6 Å². The van der Waals surface area contributed by atoms with Gasteiger partial charge in [-0.15, -0.1) is 0 Å². The first-order valence-electron chi connectivity index (χ1n) is 9.29. The van der Waals surface area contributed by atoms with Crippen LogP contribution in [0, 0.1) is 23.0 Å². The fourth-order valence-electron chi connectivity index (χ4n) is 3.39. The number of benzene rings is 2. The second kappa shape index (κ2) is 7.82. The Bertz CT molecular complexity index is 1080.